The van der Waals surface area contributed by atoms with Gasteiger partial charge in [0.25, 0.3) is 5.91 Å². The Bertz CT molecular complexity index is 457. The average Bonchev–Trinajstić information content (AvgIpc) is 2.53. The van der Waals surface area contributed by atoms with Gasteiger partial charge in [-0.1, -0.05) is 0 Å². The van der Waals surface area contributed by atoms with Gasteiger partial charge in [0.05, 0.1) is 7.11 Å². The molecule has 0 fully saturated rings. The molecule has 1 aromatic rings. The van der Waals surface area contributed by atoms with E-state index in [4.69, 9.17) is 0 Å². The van der Waals surface area contributed by atoms with Gasteiger partial charge in [0, 0.05) is 37.8 Å². The van der Waals surface area contributed by atoms with Crippen molar-refractivity contribution in [3.63, 3.8) is 0 Å². The number of hydrogen-bond acceptors (Lipinski definition) is 4. The molecular weight excluding hydrogens is 268 g/mol. The van der Waals surface area contributed by atoms with E-state index in [0.29, 0.717) is 24.9 Å². The number of carbonyl (C=O) groups is 2. The van der Waals surface area contributed by atoms with Crippen LogP contribution in [0.15, 0.2) is 24.3 Å². The first-order valence-electron chi connectivity index (χ1n) is 7.24. The highest BCUT2D eigenvalue weighted by Crippen LogP contribution is 2.13. The average molecular weight is 292 g/mol. The Balaban J connectivity index is 2.33. The number of nitrogens with zero attached hydrogens (tertiary/aromatic N) is 1. The third-order valence-electron chi connectivity index (χ3n) is 3.37. The number of rotatable bonds is 8. The number of benzene rings is 1. The third kappa shape index (κ3) is 5.85. The van der Waals surface area contributed by atoms with Gasteiger partial charge in [0.1, 0.15) is 0 Å². The molecule has 0 saturated heterocycles. The molecule has 0 atom stereocenters. The lowest BCUT2D eigenvalue weighted by molar-refractivity contribution is -0.140. The van der Waals surface area contributed by atoms with Gasteiger partial charge in [-0.3, -0.25) is 9.59 Å². The normalized spacial score (nSPS) is 10.0. The zero-order valence-electron chi connectivity index (χ0n) is 13.0. The van der Waals surface area contributed by atoms with Gasteiger partial charge in [-0.25, -0.2) is 0 Å². The topological polar surface area (TPSA) is 58.6 Å². The van der Waals surface area contributed by atoms with Crippen LogP contribution in [-0.4, -0.2) is 39.1 Å². The quantitative estimate of drug-likeness (QED) is 0.589. The van der Waals surface area contributed by atoms with E-state index in [1.807, 2.05) is 31.3 Å². The minimum absolute atomic E-state index is 0.0845. The molecule has 0 radical (unpaired) electrons. The lowest BCUT2D eigenvalue weighted by Gasteiger charge is -2.16. The van der Waals surface area contributed by atoms with E-state index in [0.717, 1.165) is 18.7 Å². The van der Waals surface area contributed by atoms with E-state index in [1.165, 1.54) is 7.11 Å². The van der Waals surface area contributed by atoms with E-state index < -0.39 is 0 Å². The van der Waals surface area contributed by atoms with Crippen molar-refractivity contribution >= 4 is 17.6 Å². The number of nitrogens with one attached hydrogen (secondary N) is 1. The molecule has 0 aliphatic rings. The molecule has 0 aliphatic heterocycles. The summed E-state index contributed by atoms with van der Waals surface area (Å²) >= 11 is 0. The summed E-state index contributed by atoms with van der Waals surface area (Å²) in [5, 5.41) is 2.85. The van der Waals surface area contributed by atoms with Gasteiger partial charge in [0.15, 0.2) is 0 Å². The van der Waals surface area contributed by atoms with Gasteiger partial charge in [-0.05, 0) is 44.0 Å². The Labute approximate surface area is 126 Å². The maximum absolute atomic E-state index is 11.9. The first-order chi connectivity index (χ1) is 10.1. The zero-order valence-corrected chi connectivity index (χ0v) is 13.0. The number of unbranched alkanes of at least 4 members (excludes halogenated alkanes) is 1. The maximum Gasteiger partial charge on any atom is 0.305 e. The van der Waals surface area contributed by atoms with E-state index in [1.54, 1.807) is 0 Å². The van der Waals surface area contributed by atoms with Crippen LogP contribution in [0.3, 0.4) is 0 Å². The molecule has 0 spiro atoms. The molecule has 0 saturated carbocycles. The maximum atomic E-state index is 11.9. The smallest absolute Gasteiger partial charge is 0.305 e. The Morgan fingerprint density at radius 3 is 2.43 bits per heavy atom. The van der Waals surface area contributed by atoms with Crippen LogP contribution in [0.5, 0.6) is 0 Å². The number of ether oxygens (including phenoxy) is 1. The molecule has 1 N–H and O–H groups in total. The number of amides is 1. The Morgan fingerprint density at radius 1 is 1.19 bits per heavy atom. The summed E-state index contributed by atoms with van der Waals surface area (Å²) in [5.41, 5.74) is 1.74. The molecular formula is C16H24N2O3. The largest absolute Gasteiger partial charge is 0.469 e. The lowest BCUT2D eigenvalue weighted by Crippen LogP contribution is -2.24. The van der Waals surface area contributed by atoms with Crippen LogP contribution in [0.4, 0.5) is 5.69 Å². The molecule has 5 nitrogen and oxygen atoms in total. The fraction of sp³-hybridized carbons (Fsp3) is 0.500. The van der Waals surface area contributed by atoms with Crippen LogP contribution in [0.1, 0.15) is 36.5 Å². The highest BCUT2D eigenvalue weighted by molar-refractivity contribution is 5.94. The molecule has 0 unspecified atom stereocenters. The van der Waals surface area contributed by atoms with E-state index in [2.05, 4.69) is 21.9 Å². The van der Waals surface area contributed by atoms with Crippen molar-refractivity contribution in [3.8, 4) is 0 Å². The number of anilines is 1. The first kappa shape index (κ1) is 17.0. The van der Waals surface area contributed by atoms with E-state index in [9.17, 15) is 9.59 Å². The highest BCUT2D eigenvalue weighted by Gasteiger charge is 2.06. The van der Waals surface area contributed by atoms with Gasteiger partial charge in [-0.15, -0.1) is 0 Å². The summed E-state index contributed by atoms with van der Waals surface area (Å²) in [6.07, 6.45) is 1.87. The molecule has 21 heavy (non-hydrogen) atoms. The number of methoxy groups -OCH3 is 1. The van der Waals surface area contributed by atoms with E-state index >= 15 is 0 Å². The molecule has 0 heterocycles. The van der Waals surface area contributed by atoms with Gasteiger partial charge in [-0.2, -0.15) is 0 Å². The third-order valence-corrected chi connectivity index (χ3v) is 3.37. The van der Waals surface area contributed by atoms with Crippen molar-refractivity contribution in [2.45, 2.75) is 26.2 Å². The highest BCUT2D eigenvalue weighted by atomic mass is 16.5. The number of esters is 1. The number of carbonyl (C=O) groups excluding carboxylic acids is 2. The molecule has 1 aromatic carbocycles. The Morgan fingerprint density at radius 2 is 1.86 bits per heavy atom. The summed E-state index contributed by atoms with van der Waals surface area (Å²) in [7, 11) is 3.39. The molecule has 0 bridgehead atoms. The van der Waals surface area contributed by atoms with Gasteiger partial charge in [0.2, 0.25) is 0 Å². The van der Waals surface area contributed by atoms with Crippen LogP contribution >= 0.6 is 0 Å². The second kappa shape index (κ2) is 9.00. The second-order valence-corrected chi connectivity index (χ2v) is 4.85. The summed E-state index contributed by atoms with van der Waals surface area (Å²) in [6, 6.07) is 7.53. The summed E-state index contributed by atoms with van der Waals surface area (Å²) in [5.74, 6) is -0.296. The van der Waals surface area contributed by atoms with Gasteiger partial charge >= 0.3 is 5.97 Å². The van der Waals surface area contributed by atoms with Crippen LogP contribution in [0.2, 0.25) is 0 Å². The Hall–Kier alpha value is -2.04. The monoisotopic (exact) mass is 292 g/mol. The summed E-state index contributed by atoms with van der Waals surface area (Å²) < 4.78 is 4.56. The van der Waals surface area contributed by atoms with Crippen molar-refractivity contribution < 1.29 is 14.3 Å². The summed E-state index contributed by atoms with van der Waals surface area (Å²) in [6.45, 7) is 3.56. The van der Waals surface area contributed by atoms with Crippen LogP contribution < -0.4 is 10.2 Å². The van der Waals surface area contributed by atoms with Crippen molar-refractivity contribution in [1.82, 2.24) is 5.32 Å². The van der Waals surface area contributed by atoms with E-state index in [-0.39, 0.29) is 11.9 Å². The fourth-order valence-electron chi connectivity index (χ4n) is 1.85. The first-order valence-corrected chi connectivity index (χ1v) is 7.24. The predicted molar refractivity (Wildman–Crippen MR) is 83.6 cm³/mol. The van der Waals surface area contributed by atoms with Crippen molar-refractivity contribution in [2.75, 3.05) is 32.1 Å². The standard InChI is InChI=1S/C16H24N2O3/c1-4-18(2)14-10-8-13(9-11-14)16(20)17-12-6-5-7-15(19)21-3/h8-11H,4-7,12H2,1-3H3,(H,17,20). The molecule has 1 rings (SSSR count). The van der Waals surface area contributed by atoms with Crippen LogP contribution in [0.25, 0.3) is 0 Å². The van der Waals surface area contributed by atoms with Crippen molar-refractivity contribution in [1.29, 1.82) is 0 Å². The molecule has 116 valence electrons. The fourth-order valence-corrected chi connectivity index (χ4v) is 1.85. The summed E-state index contributed by atoms with van der Waals surface area (Å²) in [4.78, 5) is 25.0. The van der Waals surface area contributed by atoms with Crippen LogP contribution in [-0.2, 0) is 9.53 Å². The predicted octanol–water partition coefficient (Wildman–Crippen LogP) is 2.22. The van der Waals surface area contributed by atoms with Crippen LogP contribution in [0, 0.1) is 0 Å². The van der Waals surface area contributed by atoms with Crippen molar-refractivity contribution in [2.24, 2.45) is 0 Å². The molecule has 0 aliphatic carbocycles. The van der Waals surface area contributed by atoms with Crippen molar-refractivity contribution in [3.05, 3.63) is 29.8 Å². The molecule has 1 amide bonds. The minimum Gasteiger partial charge on any atom is -0.469 e. The molecule has 0 aromatic heterocycles. The SMILES string of the molecule is CCN(C)c1ccc(C(=O)NCCCCC(=O)OC)cc1. The zero-order chi connectivity index (χ0) is 15.7. The minimum atomic E-state index is -0.211. The second-order valence-electron chi connectivity index (χ2n) is 4.85. The van der Waals surface area contributed by atoms with Gasteiger partial charge < -0.3 is 15.0 Å². The Kier molecular flexibility index (Phi) is 7.29. The number of hydrogen-bond donors (Lipinski definition) is 1. The molecule has 5 heteroatoms. The lowest BCUT2D eigenvalue weighted by atomic mass is 10.1.